The van der Waals surface area contributed by atoms with Crippen LogP contribution in [0.5, 0.6) is 0 Å². The van der Waals surface area contributed by atoms with Crippen LogP contribution in [0.15, 0.2) is 40.6 Å². The fourth-order valence-corrected chi connectivity index (χ4v) is 4.11. The molecule has 0 N–H and O–H groups in total. The average Bonchev–Trinajstić information content (AvgIpc) is 3.25. The lowest BCUT2D eigenvalue weighted by Crippen LogP contribution is -2.30. The first kappa shape index (κ1) is 13.9. The molecule has 0 bridgehead atoms. The van der Waals surface area contributed by atoms with E-state index < -0.39 is 0 Å². The molecule has 0 spiro atoms. The summed E-state index contributed by atoms with van der Waals surface area (Å²) in [6, 6.07) is 4.32. The van der Waals surface area contributed by atoms with Gasteiger partial charge in [-0.2, -0.15) is 5.10 Å². The molecule has 22 heavy (non-hydrogen) atoms. The van der Waals surface area contributed by atoms with E-state index in [1.54, 1.807) is 34.4 Å². The van der Waals surface area contributed by atoms with Crippen molar-refractivity contribution in [2.45, 2.75) is 18.9 Å². The quantitative estimate of drug-likeness (QED) is 0.687. The van der Waals surface area contributed by atoms with E-state index in [1.165, 1.54) is 4.88 Å². The minimum absolute atomic E-state index is 0.0146. The highest BCUT2D eigenvalue weighted by Gasteiger charge is 2.32. The van der Waals surface area contributed by atoms with Gasteiger partial charge in [-0.3, -0.25) is 4.79 Å². The zero-order valence-electron chi connectivity index (χ0n) is 11.6. The molecule has 7 heteroatoms. The van der Waals surface area contributed by atoms with Crippen molar-refractivity contribution in [2.75, 3.05) is 6.54 Å². The lowest BCUT2D eigenvalue weighted by atomic mass is 10.1. The molecule has 0 aromatic carbocycles. The van der Waals surface area contributed by atoms with Crippen molar-refractivity contribution in [2.24, 2.45) is 0 Å². The Labute approximate surface area is 139 Å². The first-order valence-corrected chi connectivity index (χ1v) is 8.74. The molecule has 3 aromatic rings. The molecule has 5 nitrogen and oxygen atoms in total. The lowest BCUT2D eigenvalue weighted by Gasteiger charge is -2.23. The van der Waals surface area contributed by atoms with Gasteiger partial charge >= 0.3 is 0 Å². The van der Waals surface area contributed by atoms with Crippen molar-refractivity contribution >= 4 is 38.8 Å². The Kier molecular flexibility index (Phi) is 3.46. The van der Waals surface area contributed by atoms with Gasteiger partial charge in [0.1, 0.15) is 5.56 Å². The smallest absolute Gasteiger partial charge is 0.259 e. The molecule has 1 saturated heterocycles. The number of carbonyl (C=O) groups is 1. The van der Waals surface area contributed by atoms with E-state index in [-0.39, 0.29) is 11.9 Å². The van der Waals surface area contributed by atoms with Crippen molar-refractivity contribution in [3.8, 4) is 0 Å². The topological polar surface area (TPSA) is 50.5 Å². The molecule has 3 aromatic heterocycles. The summed E-state index contributed by atoms with van der Waals surface area (Å²) in [5.41, 5.74) is 1.17. The van der Waals surface area contributed by atoms with Crippen molar-refractivity contribution < 1.29 is 4.79 Å². The number of aromatic nitrogens is 3. The molecule has 0 aliphatic carbocycles. The van der Waals surface area contributed by atoms with E-state index in [0.717, 1.165) is 23.9 Å². The van der Waals surface area contributed by atoms with Crippen LogP contribution in [0.25, 0.3) is 5.65 Å². The third-order valence-electron chi connectivity index (χ3n) is 3.94. The number of nitrogens with zero attached hydrogens (tertiary/aromatic N) is 4. The normalized spacial score (nSPS) is 18.2. The first-order valence-electron chi connectivity index (χ1n) is 7.07. The van der Waals surface area contributed by atoms with Crippen LogP contribution < -0.4 is 0 Å². The number of halogens is 1. The largest absolute Gasteiger partial charge is 0.331 e. The fraction of sp³-hybridized carbons (Fsp3) is 0.267. The van der Waals surface area contributed by atoms with Gasteiger partial charge in [0, 0.05) is 23.8 Å². The molecule has 0 saturated carbocycles. The molecule has 4 rings (SSSR count). The van der Waals surface area contributed by atoms with Gasteiger partial charge in [-0.1, -0.05) is 6.07 Å². The second-order valence-corrected chi connectivity index (χ2v) is 7.17. The van der Waals surface area contributed by atoms with Crippen molar-refractivity contribution in [1.82, 2.24) is 19.5 Å². The highest BCUT2D eigenvalue weighted by Crippen LogP contribution is 2.35. The highest BCUT2D eigenvalue weighted by atomic mass is 79.9. The van der Waals surface area contributed by atoms with Crippen LogP contribution in [0.4, 0.5) is 0 Å². The van der Waals surface area contributed by atoms with E-state index in [0.29, 0.717) is 11.2 Å². The predicted octanol–water partition coefficient (Wildman–Crippen LogP) is 3.53. The van der Waals surface area contributed by atoms with Gasteiger partial charge in [-0.25, -0.2) is 9.50 Å². The van der Waals surface area contributed by atoms with Crippen molar-refractivity contribution in [1.29, 1.82) is 0 Å². The van der Waals surface area contributed by atoms with E-state index in [9.17, 15) is 4.79 Å². The van der Waals surface area contributed by atoms with Crippen LogP contribution in [-0.4, -0.2) is 31.9 Å². The summed E-state index contributed by atoms with van der Waals surface area (Å²) in [6.07, 6.45) is 7.16. The van der Waals surface area contributed by atoms with Gasteiger partial charge < -0.3 is 4.90 Å². The highest BCUT2D eigenvalue weighted by molar-refractivity contribution is 9.10. The van der Waals surface area contributed by atoms with Crippen LogP contribution >= 0.6 is 27.3 Å². The van der Waals surface area contributed by atoms with E-state index in [4.69, 9.17) is 0 Å². The van der Waals surface area contributed by atoms with Gasteiger partial charge in [0.05, 0.1) is 16.7 Å². The zero-order valence-corrected chi connectivity index (χ0v) is 14.0. The summed E-state index contributed by atoms with van der Waals surface area (Å²) in [7, 11) is 0. The predicted molar refractivity (Wildman–Crippen MR) is 88.0 cm³/mol. The number of likely N-dealkylation sites (tertiary alicyclic amines) is 1. The molecule has 1 aliphatic rings. The Morgan fingerprint density at radius 3 is 3.14 bits per heavy atom. The van der Waals surface area contributed by atoms with Crippen LogP contribution in [0.3, 0.4) is 0 Å². The maximum absolute atomic E-state index is 12.9. The van der Waals surface area contributed by atoms with Crippen molar-refractivity contribution in [3.05, 3.63) is 51.0 Å². The maximum Gasteiger partial charge on any atom is 0.259 e. The molecule has 0 unspecified atom stereocenters. The molecule has 1 fully saturated rings. The Morgan fingerprint density at radius 2 is 2.32 bits per heavy atom. The Bertz CT molecular complexity index is 829. The number of hydrogen-bond donors (Lipinski definition) is 0. The fourth-order valence-electron chi connectivity index (χ4n) is 2.94. The van der Waals surface area contributed by atoms with Gasteiger partial charge in [0.15, 0.2) is 5.65 Å². The Balaban J connectivity index is 1.70. The van der Waals surface area contributed by atoms with E-state index in [1.807, 2.05) is 11.0 Å². The van der Waals surface area contributed by atoms with Gasteiger partial charge in [-0.05, 0) is 40.2 Å². The zero-order chi connectivity index (χ0) is 15.1. The Morgan fingerprint density at radius 1 is 1.41 bits per heavy atom. The molecular formula is C15H13BrN4OS. The summed E-state index contributed by atoms with van der Waals surface area (Å²) in [5, 5.41) is 6.30. The minimum atomic E-state index is 0.0146. The third-order valence-corrected chi connectivity index (χ3v) is 5.32. The minimum Gasteiger partial charge on any atom is -0.331 e. The summed E-state index contributed by atoms with van der Waals surface area (Å²) in [4.78, 5) is 20.5. The van der Waals surface area contributed by atoms with Gasteiger partial charge in [-0.15, -0.1) is 11.3 Å². The second kappa shape index (κ2) is 5.48. The molecule has 1 amide bonds. The number of rotatable bonds is 2. The summed E-state index contributed by atoms with van der Waals surface area (Å²) in [6.45, 7) is 0.787. The standard InChI is InChI=1S/C15H13BrN4OS/c16-10-7-17-14-11(8-18-20(14)9-10)15(21)19-5-1-3-12(19)13-4-2-6-22-13/h2,4,6-9,12H,1,3,5H2/t12-/m0/s1. The Hall–Kier alpha value is -1.73. The summed E-state index contributed by atoms with van der Waals surface area (Å²) >= 11 is 5.07. The summed E-state index contributed by atoms with van der Waals surface area (Å²) < 4.78 is 2.47. The van der Waals surface area contributed by atoms with Gasteiger partial charge in [0.25, 0.3) is 5.91 Å². The number of thiophene rings is 1. The molecule has 0 radical (unpaired) electrons. The third kappa shape index (κ3) is 2.24. The number of carbonyl (C=O) groups excluding carboxylic acids is 1. The maximum atomic E-state index is 12.9. The van der Waals surface area contributed by atoms with Crippen LogP contribution in [0.2, 0.25) is 0 Å². The van der Waals surface area contributed by atoms with E-state index >= 15 is 0 Å². The summed E-state index contributed by atoms with van der Waals surface area (Å²) in [5.74, 6) is 0.0146. The number of fused-ring (bicyclic) bond motifs is 1. The van der Waals surface area contributed by atoms with E-state index in [2.05, 4.69) is 37.5 Å². The van der Waals surface area contributed by atoms with Crippen LogP contribution in [0.1, 0.15) is 34.1 Å². The second-order valence-electron chi connectivity index (χ2n) is 5.27. The average molecular weight is 377 g/mol. The number of hydrogen-bond acceptors (Lipinski definition) is 4. The van der Waals surface area contributed by atoms with Crippen LogP contribution in [-0.2, 0) is 0 Å². The molecule has 4 heterocycles. The molecule has 1 aliphatic heterocycles. The van der Waals surface area contributed by atoms with Crippen molar-refractivity contribution in [3.63, 3.8) is 0 Å². The lowest BCUT2D eigenvalue weighted by molar-refractivity contribution is 0.0739. The number of amides is 1. The first-order chi connectivity index (χ1) is 10.7. The SMILES string of the molecule is O=C(c1cnn2cc(Br)cnc12)N1CCC[C@H]1c1cccs1. The molecular weight excluding hydrogens is 364 g/mol. The van der Waals surface area contributed by atoms with Gasteiger partial charge in [0.2, 0.25) is 0 Å². The molecule has 112 valence electrons. The monoisotopic (exact) mass is 376 g/mol. The van der Waals surface area contributed by atoms with Crippen LogP contribution in [0, 0.1) is 0 Å². The molecule has 1 atom stereocenters.